The average Bonchev–Trinajstić information content (AvgIpc) is 3.51. The molecule has 4 aromatic rings. The second kappa shape index (κ2) is 9.45. The quantitative estimate of drug-likeness (QED) is 0.428. The van der Waals surface area contributed by atoms with Crippen molar-refractivity contribution in [3.8, 4) is 5.69 Å². The molecule has 156 valence electrons. The second-order valence-corrected chi connectivity index (χ2v) is 6.79. The summed E-state index contributed by atoms with van der Waals surface area (Å²) in [6.07, 6.45) is 5.04. The molecule has 8 heteroatoms. The van der Waals surface area contributed by atoms with Crippen LogP contribution >= 0.6 is 0 Å². The molecule has 0 aliphatic carbocycles. The molecule has 2 heterocycles. The minimum Gasteiger partial charge on any atom is -0.459 e. The van der Waals surface area contributed by atoms with Gasteiger partial charge in [0.25, 0.3) is 5.91 Å². The molecule has 0 atom stereocenters. The summed E-state index contributed by atoms with van der Waals surface area (Å²) in [5.41, 5.74) is 3.42. The van der Waals surface area contributed by atoms with Crippen LogP contribution in [0.5, 0.6) is 0 Å². The Morgan fingerprint density at radius 1 is 0.903 bits per heavy atom. The van der Waals surface area contributed by atoms with Gasteiger partial charge in [-0.05, 0) is 53.6 Å². The van der Waals surface area contributed by atoms with Crippen molar-refractivity contribution in [3.05, 3.63) is 102 Å². The number of furan rings is 1. The van der Waals surface area contributed by atoms with Gasteiger partial charge in [0.2, 0.25) is 0 Å². The van der Waals surface area contributed by atoms with E-state index in [1.54, 1.807) is 35.1 Å². The Morgan fingerprint density at radius 2 is 1.71 bits per heavy atom. The highest BCUT2D eigenvalue weighted by Crippen LogP contribution is 2.13. The van der Waals surface area contributed by atoms with E-state index in [9.17, 15) is 9.59 Å². The summed E-state index contributed by atoms with van der Waals surface area (Å²) in [6.45, 7) is 0.735. The molecular weight excluding hydrogens is 394 g/mol. The maximum atomic E-state index is 12.1. The van der Waals surface area contributed by atoms with Crippen LogP contribution in [-0.2, 0) is 13.1 Å². The molecule has 0 spiro atoms. The van der Waals surface area contributed by atoms with Gasteiger partial charge in [0.1, 0.15) is 0 Å². The number of nitrogens with one attached hydrogen (secondary N) is 3. The van der Waals surface area contributed by atoms with Crippen LogP contribution in [0.2, 0.25) is 0 Å². The van der Waals surface area contributed by atoms with E-state index in [1.807, 2.05) is 48.7 Å². The molecule has 0 unspecified atom stereocenters. The second-order valence-electron chi connectivity index (χ2n) is 6.79. The number of nitrogens with zero attached hydrogens (tertiary/aromatic N) is 2. The number of amides is 3. The van der Waals surface area contributed by atoms with Gasteiger partial charge in [-0.25, -0.2) is 9.48 Å². The molecule has 0 bridgehead atoms. The highest BCUT2D eigenvalue weighted by atomic mass is 16.3. The number of carbonyl (C=O) groups excluding carboxylic acids is 2. The fraction of sp³-hybridized carbons (Fsp3) is 0.0870. The number of urea groups is 1. The number of hydrogen-bond acceptors (Lipinski definition) is 4. The molecule has 0 saturated carbocycles. The first-order chi connectivity index (χ1) is 15.2. The number of rotatable bonds is 7. The minimum absolute atomic E-state index is 0.237. The lowest BCUT2D eigenvalue weighted by molar-refractivity contribution is 0.0996. The molecule has 2 aromatic carbocycles. The highest BCUT2D eigenvalue weighted by molar-refractivity contribution is 6.02. The fourth-order valence-corrected chi connectivity index (χ4v) is 2.97. The van der Waals surface area contributed by atoms with Crippen LogP contribution in [0.1, 0.15) is 21.7 Å². The Labute approximate surface area is 178 Å². The first-order valence-electron chi connectivity index (χ1n) is 9.72. The molecule has 0 radical (unpaired) electrons. The number of anilines is 1. The maximum absolute atomic E-state index is 12.1. The van der Waals surface area contributed by atoms with Crippen molar-refractivity contribution in [1.82, 2.24) is 20.4 Å². The van der Waals surface area contributed by atoms with E-state index >= 15 is 0 Å². The van der Waals surface area contributed by atoms with E-state index in [0.717, 1.165) is 16.8 Å². The molecule has 4 rings (SSSR count). The van der Waals surface area contributed by atoms with Gasteiger partial charge in [0.15, 0.2) is 5.76 Å². The molecule has 0 saturated heterocycles. The topological polar surface area (TPSA) is 101 Å². The number of benzene rings is 2. The van der Waals surface area contributed by atoms with Crippen molar-refractivity contribution in [2.45, 2.75) is 13.1 Å². The molecule has 0 aliphatic heterocycles. The minimum atomic E-state index is -0.327. The Kier molecular flexibility index (Phi) is 6.08. The van der Waals surface area contributed by atoms with Gasteiger partial charge >= 0.3 is 6.03 Å². The van der Waals surface area contributed by atoms with Crippen molar-refractivity contribution >= 4 is 17.6 Å². The standard InChI is InChI=1S/C23H21N5O3/c29-22(21-6-2-13-31-21)27-19-5-1-4-18(14-19)16-25-23(30)24-15-17-7-9-20(10-8-17)28-12-3-11-26-28/h1-14H,15-16H2,(H,27,29)(H2,24,25,30). The van der Waals surface area contributed by atoms with Crippen molar-refractivity contribution in [1.29, 1.82) is 0 Å². The SMILES string of the molecule is O=C(NCc1ccc(-n2cccn2)cc1)NCc1cccc(NC(=O)c2ccco2)c1. The summed E-state index contributed by atoms with van der Waals surface area (Å²) in [4.78, 5) is 24.2. The average molecular weight is 415 g/mol. The van der Waals surface area contributed by atoms with Crippen LogP contribution < -0.4 is 16.0 Å². The van der Waals surface area contributed by atoms with Crippen LogP contribution in [0.15, 0.2) is 89.8 Å². The van der Waals surface area contributed by atoms with Gasteiger partial charge in [-0.1, -0.05) is 24.3 Å². The normalized spacial score (nSPS) is 10.5. The first-order valence-corrected chi connectivity index (χ1v) is 9.72. The first kappa shape index (κ1) is 20.0. The fourth-order valence-electron chi connectivity index (χ4n) is 2.97. The summed E-state index contributed by atoms with van der Waals surface area (Å²) in [6, 6.07) is 19.9. The lowest BCUT2D eigenvalue weighted by atomic mass is 10.2. The smallest absolute Gasteiger partial charge is 0.315 e. The van der Waals surface area contributed by atoms with Crippen molar-refractivity contribution in [2.24, 2.45) is 0 Å². The predicted octanol–water partition coefficient (Wildman–Crippen LogP) is 3.72. The molecule has 2 aromatic heterocycles. The molecular formula is C23H21N5O3. The lowest BCUT2D eigenvalue weighted by Gasteiger charge is -2.10. The van der Waals surface area contributed by atoms with Gasteiger partial charge in [0, 0.05) is 31.2 Å². The van der Waals surface area contributed by atoms with Crippen molar-refractivity contribution in [3.63, 3.8) is 0 Å². The van der Waals surface area contributed by atoms with Crippen molar-refractivity contribution < 1.29 is 14.0 Å². The van der Waals surface area contributed by atoms with Gasteiger partial charge in [-0.3, -0.25) is 4.79 Å². The van der Waals surface area contributed by atoms with Gasteiger partial charge in [-0.15, -0.1) is 0 Å². The van der Waals surface area contributed by atoms with E-state index in [1.165, 1.54) is 6.26 Å². The summed E-state index contributed by atoms with van der Waals surface area (Å²) in [5.74, 6) is -0.0908. The van der Waals surface area contributed by atoms with E-state index in [-0.39, 0.29) is 17.7 Å². The Balaban J connectivity index is 1.24. The third kappa shape index (κ3) is 5.39. The van der Waals surface area contributed by atoms with Crippen molar-refractivity contribution in [2.75, 3.05) is 5.32 Å². The largest absolute Gasteiger partial charge is 0.459 e. The summed E-state index contributed by atoms with van der Waals surface area (Å²) >= 11 is 0. The van der Waals surface area contributed by atoms with E-state index in [0.29, 0.717) is 18.8 Å². The number of carbonyl (C=O) groups is 2. The zero-order chi connectivity index (χ0) is 21.5. The third-order valence-corrected chi connectivity index (χ3v) is 4.54. The zero-order valence-electron chi connectivity index (χ0n) is 16.6. The van der Waals surface area contributed by atoms with Gasteiger partial charge in [0.05, 0.1) is 12.0 Å². The Hall–Kier alpha value is -4.33. The molecule has 0 aliphatic rings. The molecule has 3 amide bonds. The molecule has 31 heavy (non-hydrogen) atoms. The van der Waals surface area contributed by atoms with Crippen LogP contribution in [-0.4, -0.2) is 21.7 Å². The number of aromatic nitrogens is 2. The molecule has 8 nitrogen and oxygen atoms in total. The van der Waals surface area contributed by atoms with Gasteiger partial charge in [-0.2, -0.15) is 5.10 Å². The molecule has 0 fully saturated rings. The summed E-state index contributed by atoms with van der Waals surface area (Å²) in [7, 11) is 0. The lowest BCUT2D eigenvalue weighted by Crippen LogP contribution is -2.34. The zero-order valence-corrected chi connectivity index (χ0v) is 16.6. The highest BCUT2D eigenvalue weighted by Gasteiger charge is 2.09. The van der Waals surface area contributed by atoms with E-state index in [4.69, 9.17) is 4.42 Å². The molecule has 3 N–H and O–H groups in total. The van der Waals surface area contributed by atoms with Crippen LogP contribution in [0, 0.1) is 0 Å². The van der Waals surface area contributed by atoms with E-state index < -0.39 is 0 Å². The third-order valence-electron chi connectivity index (χ3n) is 4.54. The summed E-state index contributed by atoms with van der Waals surface area (Å²) in [5, 5.41) is 12.6. The summed E-state index contributed by atoms with van der Waals surface area (Å²) < 4.78 is 6.86. The van der Waals surface area contributed by atoms with Crippen LogP contribution in [0.4, 0.5) is 10.5 Å². The predicted molar refractivity (Wildman–Crippen MR) is 116 cm³/mol. The maximum Gasteiger partial charge on any atom is 0.315 e. The van der Waals surface area contributed by atoms with Crippen LogP contribution in [0.3, 0.4) is 0 Å². The Bertz CT molecular complexity index is 1140. The Morgan fingerprint density at radius 3 is 2.42 bits per heavy atom. The van der Waals surface area contributed by atoms with Gasteiger partial charge < -0.3 is 20.4 Å². The monoisotopic (exact) mass is 415 g/mol. The number of hydrogen-bond donors (Lipinski definition) is 3. The van der Waals surface area contributed by atoms with E-state index in [2.05, 4.69) is 21.0 Å². The van der Waals surface area contributed by atoms with Crippen LogP contribution in [0.25, 0.3) is 5.69 Å².